The van der Waals surface area contributed by atoms with E-state index in [1.54, 1.807) is 4.90 Å². The van der Waals surface area contributed by atoms with Gasteiger partial charge in [0, 0.05) is 5.56 Å². The lowest BCUT2D eigenvalue weighted by Crippen LogP contribution is -3.18. The molecule has 1 N–H and O–H groups in total. The lowest BCUT2D eigenvalue weighted by molar-refractivity contribution is -0.930. The number of carbonyl (C=O) groups is 1. The van der Waals surface area contributed by atoms with Crippen molar-refractivity contribution in [1.29, 1.82) is 0 Å². The van der Waals surface area contributed by atoms with Crippen molar-refractivity contribution in [3.8, 4) is 0 Å². The van der Waals surface area contributed by atoms with Crippen molar-refractivity contribution in [2.75, 3.05) is 26.2 Å². The summed E-state index contributed by atoms with van der Waals surface area (Å²) >= 11 is 0. The molecule has 3 nitrogen and oxygen atoms in total. The Bertz CT molecular complexity index is 432. The minimum Gasteiger partial charge on any atom is -0.330 e. The summed E-state index contributed by atoms with van der Waals surface area (Å²) < 4.78 is 0. The van der Waals surface area contributed by atoms with Crippen LogP contribution in [-0.2, 0) is 0 Å². The van der Waals surface area contributed by atoms with Gasteiger partial charge in [0.15, 0.2) is 0 Å². The van der Waals surface area contributed by atoms with Crippen molar-refractivity contribution in [2.45, 2.75) is 38.1 Å². The Balaban J connectivity index is 1.54. The van der Waals surface area contributed by atoms with Gasteiger partial charge in [-0.15, -0.1) is 0 Å². The first-order chi connectivity index (χ1) is 9.84. The standard InChI is InChI=1S/C17H24N2O/c20-17(15-7-3-1-4-8-15)19-13-11-18(12-14-19)16-9-5-2-6-10-16/h1,3-4,7-8,16H,2,5-6,9-14H2/p+1. The third kappa shape index (κ3) is 3.04. The summed E-state index contributed by atoms with van der Waals surface area (Å²) in [4.78, 5) is 16.2. The lowest BCUT2D eigenvalue weighted by atomic mass is 9.94. The fourth-order valence-electron chi connectivity index (χ4n) is 3.68. The SMILES string of the molecule is O=C(c1ccccc1)N1CC[NH+](C2CCCCC2)CC1. The van der Waals surface area contributed by atoms with Crippen LogP contribution in [0, 0.1) is 0 Å². The van der Waals surface area contributed by atoms with Crippen LogP contribution in [0.5, 0.6) is 0 Å². The number of benzene rings is 1. The van der Waals surface area contributed by atoms with E-state index in [2.05, 4.69) is 0 Å². The molecule has 1 amide bonds. The van der Waals surface area contributed by atoms with E-state index in [1.165, 1.54) is 32.1 Å². The molecule has 2 aliphatic rings. The molecule has 0 radical (unpaired) electrons. The van der Waals surface area contributed by atoms with Crippen LogP contribution in [0.3, 0.4) is 0 Å². The van der Waals surface area contributed by atoms with Gasteiger partial charge in [0.2, 0.25) is 0 Å². The Hall–Kier alpha value is -1.35. The van der Waals surface area contributed by atoms with Crippen LogP contribution in [0.15, 0.2) is 30.3 Å². The first-order valence-corrected chi connectivity index (χ1v) is 8.03. The fourth-order valence-corrected chi connectivity index (χ4v) is 3.68. The van der Waals surface area contributed by atoms with Gasteiger partial charge in [-0.3, -0.25) is 4.79 Å². The fraction of sp³-hybridized carbons (Fsp3) is 0.588. The molecule has 1 heterocycles. The Morgan fingerprint density at radius 1 is 1.00 bits per heavy atom. The number of piperazine rings is 1. The van der Waals surface area contributed by atoms with Gasteiger partial charge in [-0.05, 0) is 37.8 Å². The van der Waals surface area contributed by atoms with E-state index in [-0.39, 0.29) is 5.91 Å². The highest BCUT2D eigenvalue weighted by atomic mass is 16.2. The quantitative estimate of drug-likeness (QED) is 0.864. The molecule has 3 rings (SSSR count). The highest BCUT2D eigenvalue weighted by Crippen LogP contribution is 2.15. The number of hydrogen-bond donors (Lipinski definition) is 1. The highest BCUT2D eigenvalue weighted by molar-refractivity contribution is 5.94. The zero-order chi connectivity index (χ0) is 13.8. The number of carbonyl (C=O) groups excluding carboxylic acids is 1. The van der Waals surface area contributed by atoms with E-state index in [0.717, 1.165) is 37.8 Å². The molecule has 1 saturated heterocycles. The van der Waals surface area contributed by atoms with Gasteiger partial charge >= 0.3 is 0 Å². The maximum Gasteiger partial charge on any atom is 0.254 e. The van der Waals surface area contributed by atoms with E-state index < -0.39 is 0 Å². The van der Waals surface area contributed by atoms with Crippen molar-refractivity contribution < 1.29 is 9.69 Å². The number of rotatable bonds is 2. The van der Waals surface area contributed by atoms with Crippen molar-refractivity contribution in [2.24, 2.45) is 0 Å². The number of hydrogen-bond acceptors (Lipinski definition) is 1. The summed E-state index contributed by atoms with van der Waals surface area (Å²) in [6.45, 7) is 4.09. The molecule has 0 atom stereocenters. The lowest BCUT2D eigenvalue weighted by Gasteiger charge is -2.38. The minimum atomic E-state index is 0.202. The van der Waals surface area contributed by atoms with Gasteiger partial charge in [-0.25, -0.2) is 0 Å². The largest absolute Gasteiger partial charge is 0.330 e. The van der Waals surface area contributed by atoms with E-state index in [0.29, 0.717) is 0 Å². The first kappa shape index (κ1) is 13.6. The molecule has 0 aromatic heterocycles. The van der Waals surface area contributed by atoms with Gasteiger partial charge < -0.3 is 9.80 Å². The van der Waals surface area contributed by atoms with Crippen molar-refractivity contribution >= 4 is 5.91 Å². The normalized spacial score (nSPS) is 21.9. The Labute approximate surface area is 121 Å². The zero-order valence-electron chi connectivity index (χ0n) is 12.2. The van der Waals surface area contributed by atoms with Crippen LogP contribution in [0.4, 0.5) is 0 Å². The summed E-state index contributed by atoms with van der Waals surface area (Å²) in [6.07, 6.45) is 7.01. The first-order valence-electron chi connectivity index (χ1n) is 8.03. The molecule has 0 spiro atoms. The molecule has 3 heteroatoms. The van der Waals surface area contributed by atoms with Gasteiger partial charge in [-0.1, -0.05) is 24.6 Å². The van der Waals surface area contributed by atoms with Gasteiger partial charge in [0.25, 0.3) is 5.91 Å². The molecule has 1 aromatic rings. The predicted molar refractivity (Wildman–Crippen MR) is 79.9 cm³/mol. The maximum absolute atomic E-state index is 12.4. The number of quaternary nitrogens is 1. The second kappa shape index (κ2) is 6.40. The molecule has 108 valence electrons. The molecule has 2 fully saturated rings. The van der Waals surface area contributed by atoms with Crippen molar-refractivity contribution in [3.05, 3.63) is 35.9 Å². The molecule has 1 aromatic carbocycles. The van der Waals surface area contributed by atoms with Crippen molar-refractivity contribution in [1.82, 2.24) is 4.90 Å². The average Bonchev–Trinajstić information content (AvgIpc) is 2.56. The number of nitrogens with one attached hydrogen (secondary N) is 1. The van der Waals surface area contributed by atoms with Crippen LogP contribution < -0.4 is 4.90 Å². The summed E-state index contributed by atoms with van der Waals surface area (Å²) in [5, 5.41) is 0. The van der Waals surface area contributed by atoms with Gasteiger partial charge in [-0.2, -0.15) is 0 Å². The molecular weight excluding hydrogens is 248 g/mol. The van der Waals surface area contributed by atoms with Crippen LogP contribution in [0.2, 0.25) is 0 Å². The zero-order valence-corrected chi connectivity index (χ0v) is 12.2. The molecule has 1 saturated carbocycles. The smallest absolute Gasteiger partial charge is 0.254 e. The molecule has 20 heavy (non-hydrogen) atoms. The number of nitrogens with zero attached hydrogens (tertiary/aromatic N) is 1. The predicted octanol–water partition coefficient (Wildman–Crippen LogP) is 1.36. The van der Waals surface area contributed by atoms with E-state index in [9.17, 15) is 4.79 Å². The molecule has 0 bridgehead atoms. The number of amides is 1. The maximum atomic E-state index is 12.4. The van der Waals surface area contributed by atoms with E-state index >= 15 is 0 Å². The third-order valence-electron chi connectivity index (χ3n) is 4.90. The molecular formula is C17H25N2O+. The van der Waals surface area contributed by atoms with E-state index in [4.69, 9.17) is 0 Å². The highest BCUT2D eigenvalue weighted by Gasteiger charge is 2.30. The summed E-state index contributed by atoms with van der Waals surface area (Å²) in [5.74, 6) is 0.202. The molecule has 0 unspecified atom stereocenters. The topological polar surface area (TPSA) is 24.8 Å². The summed E-state index contributed by atoms with van der Waals surface area (Å²) in [5.41, 5.74) is 0.827. The summed E-state index contributed by atoms with van der Waals surface area (Å²) in [6, 6.07) is 10.5. The van der Waals surface area contributed by atoms with E-state index in [1.807, 2.05) is 35.2 Å². The van der Waals surface area contributed by atoms with Crippen LogP contribution in [0.1, 0.15) is 42.5 Å². The molecule has 1 aliphatic heterocycles. The van der Waals surface area contributed by atoms with Gasteiger partial charge in [0.1, 0.15) is 0 Å². The minimum absolute atomic E-state index is 0.202. The van der Waals surface area contributed by atoms with Crippen LogP contribution in [-0.4, -0.2) is 43.0 Å². The van der Waals surface area contributed by atoms with Crippen molar-refractivity contribution in [3.63, 3.8) is 0 Å². The average molecular weight is 273 g/mol. The third-order valence-corrected chi connectivity index (χ3v) is 4.90. The van der Waals surface area contributed by atoms with Crippen LogP contribution in [0.25, 0.3) is 0 Å². The Kier molecular flexibility index (Phi) is 4.36. The summed E-state index contributed by atoms with van der Waals surface area (Å²) in [7, 11) is 0. The Morgan fingerprint density at radius 2 is 1.65 bits per heavy atom. The monoisotopic (exact) mass is 273 g/mol. The second-order valence-electron chi connectivity index (χ2n) is 6.15. The van der Waals surface area contributed by atoms with Crippen LogP contribution >= 0.6 is 0 Å². The Morgan fingerprint density at radius 3 is 2.30 bits per heavy atom. The second-order valence-corrected chi connectivity index (χ2v) is 6.15. The van der Waals surface area contributed by atoms with Gasteiger partial charge in [0.05, 0.1) is 32.2 Å². The molecule has 1 aliphatic carbocycles.